The quantitative estimate of drug-likeness (QED) is 0.176. The molecule has 12 rings (SSSR count). The molecule has 2 nitrogen and oxygen atoms in total. The van der Waals surface area contributed by atoms with Crippen molar-refractivity contribution in [1.29, 1.82) is 0 Å². The van der Waals surface area contributed by atoms with E-state index in [1.807, 2.05) is 0 Å². The Morgan fingerprint density at radius 1 is 0.500 bits per heavy atom. The summed E-state index contributed by atoms with van der Waals surface area (Å²) in [5.41, 5.74) is 21.8. The molecule has 0 amide bonds. The van der Waals surface area contributed by atoms with Gasteiger partial charge in [0.25, 0.3) is 6.71 Å². The fraction of sp³-hybridized carbons (Fsp3) is 0.0732. The molecule has 2 aromatic heterocycles. The minimum Gasteiger partial charge on any atom is -0.315 e. The molecule has 44 heavy (non-hydrogen) atoms. The van der Waals surface area contributed by atoms with Crippen LogP contribution in [-0.2, 0) is 5.41 Å². The van der Waals surface area contributed by atoms with E-state index in [1.54, 1.807) is 0 Å². The van der Waals surface area contributed by atoms with Crippen molar-refractivity contribution in [3.63, 3.8) is 0 Å². The van der Waals surface area contributed by atoms with Gasteiger partial charge in [0, 0.05) is 44.3 Å². The Balaban J connectivity index is 1.40. The van der Waals surface area contributed by atoms with E-state index in [1.165, 1.54) is 105 Å². The molecule has 1 spiro atoms. The summed E-state index contributed by atoms with van der Waals surface area (Å²) in [4.78, 5) is 0. The highest BCUT2D eigenvalue weighted by Gasteiger charge is 2.53. The molecule has 1 aliphatic carbocycles. The predicted octanol–water partition coefficient (Wildman–Crippen LogP) is 7.16. The highest BCUT2D eigenvalue weighted by Crippen LogP contribution is 2.61. The minimum atomic E-state index is -0.391. The van der Waals surface area contributed by atoms with E-state index in [0.29, 0.717) is 0 Å². The Morgan fingerprint density at radius 3 is 1.82 bits per heavy atom. The first-order chi connectivity index (χ1) is 21.7. The molecule has 0 bridgehead atoms. The molecule has 0 N–H and O–H groups in total. The second kappa shape index (κ2) is 6.92. The van der Waals surface area contributed by atoms with Gasteiger partial charge in [0.1, 0.15) is 0 Å². The van der Waals surface area contributed by atoms with Crippen molar-refractivity contribution in [3.05, 3.63) is 149 Å². The standard InChI is InChI=1S/C41H25BN2/c1-22-23(2)43-35-21-20-32-40-36(35)42(33-18-8-12-24(22)38(33)43)34-19-9-14-28-27-13-7-17-31(37(27)44(40)39(28)34)41(32)29-15-5-3-10-25(29)26-11-4-6-16-30(26)41/h3-21H,1-2H3. The fourth-order valence-corrected chi connectivity index (χ4v) is 10.1. The molecule has 0 radical (unpaired) electrons. The Hall–Kier alpha value is -5.28. The van der Waals surface area contributed by atoms with Gasteiger partial charge in [0.05, 0.1) is 10.9 Å². The van der Waals surface area contributed by atoms with Gasteiger partial charge in [-0.1, -0.05) is 109 Å². The highest BCUT2D eigenvalue weighted by molar-refractivity contribution is 7.00. The van der Waals surface area contributed by atoms with E-state index < -0.39 is 5.41 Å². The number of benzene rings is 6. The number of nitrogens with zero attached hydrogens (tertiary/aromatic N) is 2. The minimum absolute atomic E-state index is 0.177. The van der Waals surface area contributed by atoms with Crippen molar-refractivity contribution in [3.8, 4) is 22.5 Å². The molecule has 8 aromatic rings. The Labute approximate surface area is 254 Å². The summed E-state index contributed by atoms with van der Waals surface area (Å²) in [6, 6.07) is 44.4. The maximum atomic E-state index is 2.67. The number of rotatable bonds is 0. The number of aromatic nitrogens is 2. The summed E-state index contributed by atoms with van der Waals surface area (Å²) in [6.45, 7) is 4.77. The van der Waals surface area contributed by atoms with Gasteiger partial charge in [-0.2, -0.15) is 0 Å². The highest BCUT2D eigenvalue weighted by atomic mass is 15.1. The molecule has 0 saturated carbocycles. The summed E-state index contributed by atoms with van der Waals surface area (Å²) >= 11 is 0. The third-order valence-corrected chi connectivity index (χ3v) is 11.7. The van der Waals surface area contributed by atoms with E-state index in [-0.39, 0.29) is 6.71 Å². The topological polar surface area (TPSA) is 9.86 Å². The van der Waals surface area contributed by atoms with Crippen LogP contribution in [0.5, 0.6) is 0 Å². The number of fused-ring (bicyclic) bond motifs is 11. The summed E-state index contributed by atoms with van der Waals surface area (Å²) in [7, 11) is 0. The van der Waals surface area contributed by atoms with Gasteiger partial charge >= 0.3 is 0 Å². The van der Waals surface area contributed by atoms with Crippen LogP contribution in [0, 0.1) is 13.8 Å². The third kappa shape index (κ3) is 2.04. The van der Waals surface area contributed by atoms with E-state index in [2.05, 4.69) is 138 Å². The SMILES string of the molecule is Cc1c(C)n2c3c(cccc13)B1c3c-2ccc2c3-n3c4c1cccc4c1cccc(c13)C21c2ccccc2-c2ccccc21. The van der Waals surface area contributed by atoms with E-state index >= 15 is 0 Å². The van der Waals surface area contributed by atoms with Crippen LogP contribution >= 0.6 is 0 Å². The monoisotopic (exact) mass is 556 g/mol. The number of para-hydroxylation sites is 3. The average Bonchev–Trinajstić information content (AvgIpc) is 3.66. The van der Waals surface area contributed by atoms with Gasteiger partial charge in [-0.25, -0.2) is 0 Å². The van der Waals surface area contributed by atoms with Crippen LogP contribution in [0.3, 0.4) is 0 Å². The van der Waals surface area contributed by atoms with Crippen molar-refractivity contribution in [2.75, 3.05) is 0 Å². The first-order valence-electron chi connectivity index (χ1n) is 15.8. The fourth-order valence-electron chi connectivity index (χ4n) is 10.1. The van der Waals surface area contributed by atoms with Crippen LogP contribution in [0.1, 0.15) is 33.5 Å². The summed E-state index contributed by atoms with van der Waals surface area (Å²) < 4.78 is 5.24. The molecule has 0 saturated heterocycles. The summed E-state index contributed by atoms with van der Waals surface area (Å²) in [5.74, 6) is 0. The van der Waals surface area contributed by atoms with Crippen LogP contribution in [0.25, 0.3) is 55.2 Å². The lowest BCUT2D eigenvalue weighted by molar-refractivity contribution is 0.749. The molecule has 0 unspecified atom stereocenters. The lowest BCUT2D eigenvalue weighted by atomic mass is 9.34. The summed E-state index contributed by atoms with van der Waals surface area (Å²) in [5, 5.41) is 4.09. The van der Waals surface area contributed by atoms with E-state index in [0.717, 1.165) is 0 Å². The average molecular weight is 556 g/mol. The second-order valence-corrected chi connectivity index (χ2v) is 13.2. The zero-order valence-corrected chi connectivity index (χ0v) is 24.4. The smallest absolute Gasteiger partial charge is 0.252 e. The third-order valence-electron chi connectivity index (χ3n) is 11.7. The van der Waals surface area contributed by atoms with Crippen LogP contribution in [-0.4, -0.2) is 15.8 Å². The number of hydrogen-bond donors (Lipinski definition) is 0. The Kier molecular flexibility index (Phi) is 3.51. The first kappa shape index (κ1) is 22.3. The number of aryl methyl sites for hydroxylation is 1. The predicted molar refractivity (Wildman–Crippen MR) is 183 cm³/mol. The first-order valence-corrected chi connectivity index (χ1v) is 15.8. The molecule has 4 aliphatic rings. The second-order valence-electron chi connectivity index (χ2n) is 13.2. The zero-order chi connectivity index (χ0) is 28.6. The van der Waals surface area contributed by atoms with Gasteiger partial charge in [0.2, 0.25) is 0 Å². The Morgan fingerprint density at radius 2 is 1.09 bits per heavy atom. The van der Waals surface area contributed by atoms with Crippen LogP contribution in [0.2, 0.25) is 0 Å². The molecule has 0 fully saturated rings. The van der Waals surface area contributed by atoms with Crippen LogP contribution < -0.4 is 16.4 Å². The molecule has 3 heteroatoms. The van der Waals surface area contributed by atoms with Crippen LogP contribution in [0.4, 0.5) is 0 Å². The molecular formula is C41H25BN2. The Bertz CT molecular complexity index is 2660. The van der Waals surface area contributed by atoms with Crippen molar-refractivity contribution < 1.29 is 0 Å². The van der Waals surface area contributed by atoms with Crippen molar-refractivity contribution in [1.82, 2.24) is 9.13 Å². The van der Waals surface area contributed by atoms with Crippen molar-refractivity contribution >= 4 is 55.8 Å². The van der Waals surface area contributed by atoms with E-state index in [9.17, 15) is 0 Å². The largest absolute Gasteiger partial charge is 0.315 e. The molecule has 5 heterocycles. The van der Waals surface area contributed by atoms with Crippen molar-refractivity contribution in [2.24, 2.45) is 0 Å². The summed E-state index contributed by atoms with van der Waals surface area (Å²) in [6.07, 6.45) is 0. The molecule has 6 aromatic carbocycles. The van der Waals surface area contributed by atoms with Gasteiger partial charge in [-0.15, -0.1) is 0 Å². The van der Waals surface area contributed by atoms with Crippen LogP contribution in [0.15, 0.2) is 115 Å². The van der Waals surface area contributed by atoms with Gasteiger partial charge < -0.3 is 9.13 Å². The van der Waals surface area contributed by atoms with Gasteiger partial charge in [-0.3, -0.25) is 0 Å². The van der Waals surface area contributed by atoms with Crippen molar-refractivity contribution in [2.45, 2.75) is 19.3 Å². The maximum Gasteiger partial charge on any atom is 0.252 e. The maximum absolute atomic E-state index is 2.67. The zero-order valence-electron chi connectivity index (χ0n) is 24.4. The van der Waals surface area contributed by atoms with E-state index in [4.69, 9.17) is 0 Å². The molecule has 0 atom stereocenters. The lowest BCUT2D eigenvalue weighted by Crippen LogP contribution is -2.60. The molecule has 3 aliphatic heterocycles. The van der Waals surface area contributed by atoms with Gasteiger partial charge in [0.15, 0.2) is 0 Å². The molecular weight excluding hydrogens is 531 g/mol. The van der Waals surface area contributed by atoms with Gasteiger partial charge in [-0.05, 0) is 75.2 Å². The number of hydrogen-bond acceptors (Lipinski definition) is 0. The lowest BCUT2D eigenvalue weighted by Gasteiger charge is -2.44. The normalized spacial score (nSPS) is 15.2. The molecule has 202 valence electrons.